The first-order chi connectivity index (χ1) is 21.3. The smallest absolute Gasteiger partial charge is 0.300 e. The van der Waals surface area contributed by atoms with E-state index in [1.54, 1.807) is 18.2 Å². The highest BCUT2D eigenvalue weighted by Gasteiger charge is 2.45. The van der Waals surface area contributed by atoms with Crippen LogP contribution in [0.15, 0.2) is 57.8 Å². The maximum atomic E-state index is 13.2. The molecule has 3 aromatic carbocycles. The predicted octanol–water partition coefficient (Wildman–Crippen LogP) is 4.12. The van der Waals surface area contributed by atoms with Crippen LogP contribution in [0.4, 0.5) is 5.69 Å². The molecule has 2 unspecified atom stereocenters. The van der Waals surface area contributed by atoms with Gasteiger partial charge in [0.05, 0.1) is 23.6 Å². The second-order valence-electron chi connectivity index (χ2n) is 13.1. The zero-order valence-electron chi connectivity index (χ0n) is 26.3. The van der Waals surface area contributed by atoms with Gasteiger partial charge in [0, 0.05) is 38.9 Å². The van der Waals surface area contributed by atoms with Crippen LogP contribution < -0.4 is 25.9 Å². The van der Waals surface area contributed by atoms with Crippen LogP contribution in [0.3, 0.4) is 0 Å². The van der Waals surface area contributed by atoms with Gasteiger partial charge in [0.2, 0.25) is 0 Å². The molecule has 0 spiro atoms. The number of terminal acetylenes is 1. The third-order valence-corrected chi connectivity index (χ3v) is 11.6. The normalized spacial score (nSPS) is 20.2. The third-order valence-electron chi connectivity index (χ3n) is 9.83. The van der Waals surface area contributed by atoms with Crippen LogP contribution in [0, 0.1) is 12.3 Å². The van der Waals surface area contributed by atoms with Crippen LogP contribution >= 0.6 is 0 Å². The van der Waals surface area contributed by atoms with Crippen LogP contribution in [-0.2, 0) is 31.1 Å². The van der Waals surface area contributed by atoms with Gasteiger partial charge < -0.3 is 15.4 Å². The van der Waals surface area contributed by atoms with E-state index in [0.29, 0.717) is 38.7 Å². The van der Waals surface area contributed by atoms with Crippen molar-refractivity contribution in [1.29, 1.82) is 0 Å². The monoisotopic (exact) mass is 661 g/mol. The topological polar surface area (TPSA) is 154 Å². The summed E-state index contributed by atoms with van der Waals surface area (Å²) in [6.45, 7) is 15.9. The van der Waals surface area contributed by atoms with Crippen molar-refractivity contribution in [2.45, 2.75) is 74.2 Å². The van der Waals surface area contributed by atoms with E-state index >= 15 is 0 Å². The van der Waals surface area contributed by atoms with Crippen molar-refractivity contribution in [2.75, 3.05) is 11.9 Å². The van der Waals surface area contributed by atoms with E-state index in [-0.39, 0.29) is 41.2 Å². The number of hydrogen-bond donors (Lipinski definition) is 4. The minimum absolute atomic E-state index is 0.0511. The molecule has 4 N–H and O–H groups in total. The molecule has 12 heteroatoms. The third kappa shape index (κ3) is 4.64. The van der Waals surface area contributed by atoms with E-state index in [1.807, 2.05) is 59.7 Å². The van der Waals surface area contributed by atoms with Gasteiger partial charge in [0.1, 0.15) is 0 Å². The standard InChI is InChI=1S/C34H35N3O7S2/c1-9-14-35-17(2)20-10-12-21(13-11-20)26-22-15-24-27(36-18(3)33(24,5)6)31(45(38,39)40)29(22)44-30-23(26)16-25-28(32(30)46(41,42)43)37-19(4)34(25,7)8/h1,10-13,15-16,18-19,35-36H,2,14H2,3-8H3,(H,38,39,40)(H,41,42,43). The van der Waals surface area contributed by atoms with Crippen molar-refractivity contribution in [2.24, 2.45) is 4.99 Å². The molecule has 3 aromatic rings. The number of nitrogens with zero attached hydrogens (tertiary/aromatic N) is 1. The van der Waals surface area contributed by atoms with Gasteiger partial charge in [0.15, 0.2) is 21.3 Å². The molecular weight excluding hydrogens is 627 g/mol. The largest absolute Gasteiger partial charge is 0.453 e. The summed E-state index contributed by atoms with van der Waals surface area (Å²) in [6.07, 6.45) is 5.38. The van der Waals surface area contributed by atoms with E-state index in [4.69, 9.17) is 11.2 Å². The molecule has 0 saturated heterocycles. The Kier molecular flexibility index (Phi) is 7.04. The fourth-order valence-electron chi connectivity index (χ4n) is 6.47. The van der Waals surface area contributed by atoms with E-state index in [0.717, 1.165) is 5.56 Å². The Hall–Kier alpha value is -4.15. The molecule has 0 amide bonds. The van der Waals surface area contributed by atoms with Crippen LogP contribution in [0.2, 0.25) is 0 Å². The summed E-state index contributed by atoms with van der Waals surface area (Å²) < 4.78 is 80.1. The van der Waals surface area contributed by atoms with Gasteiger partial charge in [-0.25, -0.2) is 0 Å². The molecule has 3 heterocycles. The lowest BCUT2D eigenvalue weighted by atomic mass is 9.78. The minimum atomic E-state index is -4.96. The Morgan fingerprint density at radius 3 is 2.22 bits per heavy atom. The second kappa shape index (κ2) is 10.2. The second-order valence-corrected chi connectivity index (χ2v) is 15.9. The van der Waals surface area contributed by atoms with E-state index in [2.05, 4.69) is 28.1 Å². The van der Waals surface area contributed by atoms with E-state index < -0.39 is 40.9 Å². The quantitative estimate of drug-likeness (QED) is 0.177. The average Bonchev–Trinajstić information content (AvgIpc) is 3.32. The zero-order chi connectivity index (χ0) is 33.7. The summed E-state index contributed by atoms with van der Waals surface area (Å²) in [5, 5.41) is 6.61. The fraction of sp³-hybridized carbons (Fsp3) is 0.324. The molecule has 46 heavy (non-hydrogen) atoms. The first-order valence-electron chi connectivity index (χ1n) is 14.7. The molecule has 6 rings (SSSR count). The molecular formula is C34H35N3O7S2. The number of fused-ring (bicyclic) bond motifs is 4. The summed E-state index contributed by atoms with van der Waals surface area (Å²) in [6, 6.07) is 10.3. The predicted molar refractivity (Wildman–Crippen MR) is 176 cm³/mol. The number of anilines is 1. The Bertz CT molecular complexity index is 2270. The van der Waals surface area contributed by atoms with Gasteiger partial charge in [-0.2, -0.15) is 16.8 Å². The molecule has 0 radical (unpaired) electrons. The number of rotatable bonds is 6. The highest BCUT2D eigenvalue weighted by molar-refractivity contribution is 7.86. The Morgan fingerprint density at radius 1 is 1.00 bits per heavy atom. The van der Waals surface area contributed by atoms with Crippen molar-refractivity contribution >= 4 is 37.2 Å². The molecule has 0 fully saturated rings. The summed E-state index contributed by atoms with van der Waals surface area (Å²) in [4.78, 5) is 3.53. The average molecular weight is 662 g/mol. The Morgan fingerprint density at radius 2 is 1.63 bits per heavy atom. The molecule has 0 aliphatic carbocycles. The first kappa shape index (κ1) is 31.8. The fourth-order valence-corrected chi connectivity index (χ4v) is 8.07. The van der Waals surface area contributed by atoms with Crippen molar-refractivity contribution in [3.05, 3.63) is 81.4 Å². The Labute approximate surface area is 268 Å². The van der Waals surface area contributed by atoms with Gasteiger partial charge in [-0.05, 0) is 48.2 Å². The van der Waals surface area contributed by atoms with Crippen LogP contribution in [0.1, 0.15) is 69.4 Å². The first-order valence-corrected chi connectivity index (χ1v) is 17.6. The lowest BCUT2D eigenvalue weighted by Gasteiger charge is -2.29. The SMILES string of the molecule is C#CCNC(=C)c1ccc(C2=c3cc4c(c(S(=O)(=O)O)c3Oc3c2cc2c(c3S(=O)(=O)O)NC(C)C2(C)C)=NC(C)C4(C)C)cc1. The lowest BCUT2D eigenvalue weighted by Crippen LogP contribution is -2.33. The lowest BCUT2D eigenvalue weighted by molar-refractivity contribution is 0.424. The van der Waals surface area contributed by atoms with E-state index in [9.17, 15) is 25.9 Å². The van der Waals surface area contributed by atoms with Gasteiger partial charge >= 0.3 is 0 Å². The van der Waals surface area contributed by atoms with Crippen LogP contribution in [0.5, 0.6) is 11.5 Å². The molecule has 2 atom stereocenters. The molecule has 10 nitrogen and oxygen atoms in total. The van der Waals surface area contributed by atoms with Crippen LogP contribution in [0.25, 0.3) is 11.3 Å². The molecule has 0 bridgehead atoms. The molecule has 240 valence electrons. The van der Waals surface area contributed by atoms with Gasteiger partial charge in [-0.15, -0.1) is 6.42 Å². The van der Waals surface area contributed by atoms with Gasteiger partial charge in [-0.1, -0.05) is 64.5 Å². The van der Waals surface area contributed by atoms with E-state index in [1.165, 1.54) is 0 Å². The molecule has 0 aromatic heterocycles. The summed E-state index contributed by atoms with van der Waals surface area (Å²) in [5.41, 5.74) is 2.95. The molecule has 3 aliphatic rings. The van der Waals surface area contributed by atoms with Crippen molar-refractivity contribution in [3.8, 4) is 23.8 Å². The number of hydrogen-bond acceptors (Lipinski definition) is 8. The Balaban J connectivity index is 1.80. The number of nitrogens with one attached hydrogen (secondary N) is 2. The summed E-state index contributed by atoms with van der Waals surface area (Å²) >= 11 is 0. The molecule has 0 saturated carbocycles. The maximum Gasteiger partial charge on any atom is 0.300 e. The van der Waals surface area contributed by atoms with Crippen LogP contribution in [-0.4, -0.2) is 44.6 Å². The van der Waals surface area contributed by atoms with Crippen molar-refractivity contribution < 1.29 is 30.7 Å². The number of benzene rings is 3. The van der Waals surface area contributed by atoms with Gasteiger partial charge in [-0.3, -0.25) is 14.1 Å². The van der Waals surface area contributed by atoms with Crippen molar-refractivity contribution in [1.82, 2.24) is 5.32 Å². The zero-order valence-corrected chi connectivity index (χ0v) is 27.9. The van der Waals surface area contributed by atoms with Crippen molar-refractivity contribution in [3.63, 3.8) is 0 Å². The highest BCUT2D eigenvalue weighted by atomic mass is 32.2. The minimum Gasteiger partial charge on any atom is -0.453 e. The molecule has 3 aliphatic heterocycles. The van der Waals surface area contributed by atoms with Gasteiger partial charge in [0.25, 0.3) is 20.2 Å². The number of ether oxygens (including phenoxy) is 1. The summed E-state index contributed by atoms with van der Waals surface area (Å²) in [7, 11) is -9.90. The summed E-state index contributed by atoms with van der Waals surface area (Å²) in [5.74, 6) is 1.96. The highest BCUT2D eigenvalue weighted by Crippen LogP contribution is 2.52. The maximum absolute atomic E-state index is 13.2.